The summed E-state index contributed by atoms with van der Waals surface area (Å²) in [5.41, 5.74) is 1.77. The van der Waals surface area contributed by atoms with Crippen LogP contribution in [0.2, 0.25) is 0 Å². The van der Waals surface area contributed by atoms with Crippen molar-refractivity contribution in [1.82, 2.24) is 15.1 Å². The Balaban J connectivity index is 1.44. The second kappa shape index (κ2) is 7.33. The lowest BCUT2D eigenvalue weighted by Gasteiger charge is -2.35. The van der Waals surface area contributed by atoms with E-state index in [1.54, 1.807) is 12.1 Å². The van der Waals surface area contributed by atoms with E-state index >= 15 is 0 Å². The lowest BCUT2D eigenvalue weighted by atomic mass is 10.0. The smallest absolute Gasteiger partial charge is 0.259 e. The maximum Gasteiger partial charge on any atom is 0.259 e. The summed E-state index contributed by atoms with van der Waals surface area (Å²) in [4.78, 5) is 28.8. The number of carbonyl (C=O) groups excluding carboxylic acids is 2. The second-order valence-corrected chi connectivity index (χ2v) is 9.95. The molecule has 1 aromatic carbocycles. The summed E-state index contributed by atoms with van der Waals surface area (Å²) in [6.07, 6.45) is 3.27. The lowest BCUT2D eigenvalue weighted by Crippen LogP contribution is -2.53. The van der Waals surface area contributed by atoms with Crippen molar-refractivity contribution in [3.05, 3.63) is 42.0 Å². The van der Waals surface area contributed by atoms with Crippen LogP contribution in [0.25, 0.3) is 5.70 Å². The molecule has 28 heavy (non-hydrogen) atoms. The fourth-order valence-corrected chi connectivity index (χ4v) is 6.43. The first-order valence-corrected chi connectivity index (χ1v) is 11.5. The molecule has 0 bridgehead atoms. The molecule has 0 saturated carbocycles. The number of nitrogens with one attached hydrogen (secondary N) is 1. The zero-order valence-electron chi connectivity index (χ0n) is 15.8. The number of fused-ring (bicyclic) bond motifs is 1. The number of sulfone groups is 1. The number of amides is 2. The summed E-state index contributed by atoms with van der Waals surface area (Å²) in [7, 11) is -3.19. The van der Waals surface area contributed by atoms with Crippen LogP contribution in [0.3, 0.4) is 0 Å². The quantitative estimate of drug-likeness (QED) is 0.807. The first-order chi connectivity index (χ1) is 13.4. The van der Waals surface area contributed by atoms with E-state index in [1.807, 2.05) is 12.1 Å². The monoisotopic (exact) mass is 403 g/mol. The summed E-state index contributed by atoms with van der Waals surface area (Å²) in [5, 5.41) is 2.88. The molecule has 2 amide bonds. The van der Waals surface area contributed by atoms with Gasteiger partial charge in [-0.05, 0) is 32.0 Å². The molecule has 0 aromatic heterocycles. The highest BCUT2D eigenvalue weighted by Gasteiger charge is 2.42. The largest absolute Gasteiger partial charge is 0.349 e. The van der Waals surface area contributed by atoms with Gasteiger partial charge in [0.15, 0.2) is 9.84 Å². The Morgan fingerprint density at radius 3 is 2.46 bits per heavy atom. The standard InChI is InChI=1S/C20H25N3O4S/c1-14-15-7-3-4-8-16(15)20(25)23(14)11-19(24)21-17-12-28(26,27)13-18(17)22-9-5-2-6-10-22/h3-4,7-8,17-18H,1-2,5-6,9-13H2,(H,21,24). The van der Waals surface area contributed by atoms with Crippen molar-refractivity contribution in [2.45, 2.75) is 31.3 Å². The number of rotatable bonds is 4. The average molecular weight is 404 g/mol. The molecule has 150 valence electrons. The van der Waals surface area contributed by atoms with Crippen LogP contribution in [-0.2, 0) is 14.6 Å². The third-order valence-corrected chi connectivity index (χ3v) is 7.59. The summed E-state index contributed by atoms with van der Waals surface area (Å²) in [5.74, 6) is -0.567. The van der Waals surface area contributed by atoms with E-state index in [2.05, 4.69) is 16.8 Å². The molecular formula is C20H25N3O4S. The number of benzene rings is 1. The topological polar surface area (TPSA) is 86.8 Å². The van der Waals surface area contributed by atoms with Crippen LogP contribution in [0.15, 0.2) is 30.8 Å². The highest BCUT2D eigenvalue weighted by molar-refractivity contribution is 7.91. The molecule has 2 fully saturated rings. The maximum absolute atomic E-state index is 12.7. The molecule has 0 aliphatic carbocycles. The van der Waals surface area contributed by atoms with Crippen molar-refractivity contribution in [2.24, 2.45) is 0 Å². The molecule has 7 nitrogen and oxygen atoms in total. The third kappa shape index (κ3) is 3.58. The van der Waals surface area contributed by atoms with Crippen LogP contribution >= 0.6 is 0 Å². The van der Waals surface area contributed by atoms with Gasteiger partial charge in [0.25, 0.3) is 5.91 Å². The molecule has 3 aliphatic heterocycles. The van der Waals surface area contributed by atoms with Crippen LogP contribution in [0.1, 0.15) is 35.2 Å². The van der Waals surface area contributed by atoms with E-state index < -0.39 is 15.9 Å². The minimum absolute atomic E-state index is 0.0466. The minimum Gasteiger partial charge on any atom is -0.349 e. The predicted molar refractivity (Wildman–Crippen MR) is 106 cm³/mol. The van der Waals surface area contributed by atoms with Crippen LogP contribution < -0.4 is 5.32 Å². The van der Waals surface area contributed by atoms with E-state index in [9.17, 15) is 18.0 Å². The molecule has 3 aliphatic rings. The first kappa shape index (κ1) is 19.1. The molecule has 2 atom stereocenters. The molecule has 0 spiro atoms. The number of likely N-dealkylation sites (tertiary alicyclic amines) is 1. The van der Waals surface area contributed by atoms with Gasteiger partial charge in [-0.25, -0.2) is 8.42 Å². The van der Waals surface area contributed by atoms with Crippen LogP contribution in [0, 0.1) is 0 Å². The Hall–Kier alpha value is -2.19. The molecule has 3 heterocycles. The molecule has 0 radical (unpaired) electrons. The van der Waals surface area contributed by atoms with Crippen molar-refractivity contribution in [3.8, 4) is 0 Å². The Bertz CT molecular complexity index is 886. The van der Waals surface area contributed by atoms with E-state index in [0.29, 0.717) is 11.3 Å². The predicted octanol–water partition coefficient (Wildman–Crippen LogP) is 0.881. The van der Waals surface area contributed by atoms with Gasteiger partial charge in [-0.3, -0.25) is 19.4 Å². The number of carbonyl (C=O) groups is 2. The Labute approximate surface area is 165 Å². The molecule has 1 N–H and O–H groups in total. The Morgan fingerprint density at radius 2 is 1.79 bits per heavy atom. The molecule has 1 aromatic rings. The van der Waals surface area contributed by atoms with Crippen molar-refractivity contribution in [3.63, 3.8) is 0 Å². The summed E-state index contributed by atoms with van der Waals surface area (Å²) >= 11 is 0. The van der Waals surface area contributed by atoms with Crippen LogP contribution in [0.4, 0.5) is 0 Å². The fraction of sp³-hybridized carbons (Fsp3) is 0.500. The summed E-state index contributed by atoms with van der Waals surface area (Å²) in [6, 6.07) is 6.50. The van der Waals surface area contributed by atoms with Gasteiger partial charge in [0.1, 0.15) is 6.54 Å². The van der Waals surface area contributed by atoms with Crippen molar-refractivity contribution in [1.29, 1.82) is 0 Å². The number of nitrogens with zero attached hydrogens (tertiary/aromatic N) is 2. The van der Waals surface area contributed by atoms with Gasteiger partial charge in [-0.1, -0.05) is 31.2 Å². The highest BCUT2D eigenvalue weighted by Crippen LogP contribution is 2.30. The zero-order chi connectivity index (χ0) is 19.9. The van der Waals surface area contributed by atoms with Crippen molar-refractivity contribution in [2.75, 3.05) is 31.1 Å². The van der Waals surface area contributed by atoms with Gasteiger partial charge in [0.05, 0.1) is 17.5 Å². The van der Waals surface area contributed by atoms with Gasteiger partial charge >= 0.3 is 0 Å². The Morgan fingerprint density at radius 1 is 1.11 bits per heavy atom. The normalized spacial score (nSPS) is 27.1. The van der Waals surface area contributed by atoms with Gasteiger partial charge in [0, 0.05) is 22.9 Å². The maximum atomic E-state index is 12.7. The van der Waals surface area contributed by atoms with Gasteiger partial charge in [-0.15, -0.1) is 0 Å². The lowest BCUT2D eigenvalue weighted by molar-refractivity contribution is -0.122. The van der Waals surface area contributed by atoms with Crippen LogP contribution in [0.5, 0.6) is 0 Å². The molecule has 2 saturated heterocycles. The van der Waals surface area contributed by atoms with Gasteiger partial charge in [0.2, 0.25) is 5.91 Å². The number of hydrogen-bond donors (Lipinski definition) is 1. The van der Waals surface area contributed by atoms with E-state index in [4.69, 9.17) is 0 Å². The van der Waals surface area contributed by atoms with E-state index in [1.165, 1.54) is 4.90 Å². The fourth-order valence-electron chi connectivity index (χ4n) is 4.47. The molecule has 8 heteroatoms. The van der Waals surface area contributed by atoms with E-state index in [0.717, 1.165) is 37.9 Å². The van der Waals surface area contributed by atoms with Crippen LogP contribution in [-0.4, -0.2) is 73.3 Å². The summed E-state index contributed by atoms with van der Waals surface area (Å²) in [6.45, 7) is 5.52. The minimum atomic E-state index is -3.19. The summed E-state index contributed by atoms with van der Waals surface area (Å²) < 4.78 is 24.4. The molecular weight excluding hydrogens is 378 g/mol. The number of hydrogen-bond acceptors (Lipinski definition) is 5. The third-order valence-electron chi connectivity index (χ3n) is 5.87. The zero-order valence-corrected chi connectivity index (χ0v) is 16.6. The SMILES string of the molecule is C=C1c2ccccc2C(=O)N1CC(=O)NC1CS(=O)(=O)CC1N1CCCCC1. The van der Waals surface area contributed by atoms with Gasteiger partial charge in [-0.2, -0.15) is 0 Å². The second-order valence-electron chi connectivity index (χ2n) is 7.80. The Kier molecular flexibility index (Phi) is 5.01. The van der Waals surface area contributed by atoms with Crippen molar-refractivity contribution < 1.29 is 18.0 Å². The van der Waals surface area contributed by atoms with Crippen molar-refractivity contribution >= 4 is 27.3 Å². The van der Waals surface area contributed by atoms with E-state index in [-0.39, 0.29) is 35.9 Å². The molecule has 2 unspecified atom stereocenters. The average Bonchev–Trinajstić information content (AvgIpc) is 3.11. The van der Waals surface area contributed by atoms with Gasteiger partial charge < -0.3 is 5.32 Å². The highest BCUT2D eigenvalue weighted by atomic mass is 32.2. The number of piperidine rings is 1. The first-order valence-electron chi connectivity index (χ1n) is 9.70. The molecule has 4 rings (SSSR count).